The van der Waals surface area contributed by atoms with Gasteiger partial charge < -0.3 is 5.73 Å². The van der Waals surface area contributed by atoms with Crippen molar-refractivity contribution in [3.63, 3.8) is 0 Å². The molecular weight excluding hydrogens is 196 g/mol. The van der Waals surface area contributed by atoms with E-state index in [0.29, 0.717) is 13.0 Å². The zero-order valence-corrected chi connectivity index (χ0v) is 8.55. The second kappa shape index (κ2) is 3.89. The molecule has 1 nitrogen and oxygen atoms in total. The summed E-state index contributed by atoms with van der Waals surface area (Å²) in [6.45, 7) is 0.429. The highest BCUT2D eigenvalue weighted by Gasteiger charge is 2.40. The molecule has 1 aliphatic carbocycles. The van der Waals surface area contributed by atoms with E-state index in [1.807, 2.05) is 24.3 Å². The van der Waals surface area contributed by atoms with E-state index < -0.39 is 5.92 Å². The Morgan fingerprint density at radius 2 is 2.07 bits per heavy atom. The Hall–Kier alpha value is -0.960. The van der Waals surface area contributed by atoms with E-state index in [0.717, 1.165) is 11.1 Å². The number of alkyl halides is 2. The molecular formula is C12H15F2N. The van der Waals surface area contributed by atoms with Crippen molar-refractivity contribution in [2.75, 3.05) is 0 Å². The molecule has 1 aromatic carbocycles. The summed E-state index contributed by atoms with van der Waals surface area (Å²) in [5, 5.41) is 0. The number of nitrogens with two attached hydrogens (primary N) is 1. The maximum Gasteiger partial charge on any atom is 0.248 e. The van der Waals surface area contributed by atoms with Gasteiger partial charge in [0.2, 0.25) is 5.92 Å². The van der Waals surface area contributed by atoms with E-state index in [-0.39, 0.29) is 18.8 Å². The molecule has 1 fully saturated rings. The van der Waals surface area contributed by atoms with Crippen molar-refractivity contribution < 1.29 is 8.78 Å². The summed E-state index contributed by atoms with van der Waals surface area (Å²) in [6, 6.07) is 7.64. The Labute approximate surface area is 88.3 Å². The number of hydrogen-bond acceptors (Lipinski definition) is 1. The van der Waals surface area contributed by atoms with Gasteiger partial charge in [-0.15, -0.1) is 0 Å². The van der Waals surface area contributed by atoms with Gasteiger partial charge in [0.15, 0.2) is 0 Å². The van der Waals surface area contributed by atoms with Crippen LogP contribution in [-0.4, -0.2) is 5.92 Å². The van der Waals surface area contributed by atoms with Crippen molar-refractivity contribution in [1.29, 1.82) is 0 Å². The third-order valence-corrected chi connectivity index (χ3v) is 3.12. The van der Waals surface area contributed by atoms with Gasteiger partial charge in [0.1, 0.15) is 0 Å². The zero-order valence-electron chi connectivity index (χ0n) is 8.55. The predicted molar refractivity (Wildman–Crippen MR) is 55.9 cm³/mol. The molecule has 15 heavy (non-hydrogen) atoms. The Morgan fingerprint density at radius 3 is 2.67 bits per heavy atom. The van der Waals surface area contributed by atoms with E-state index in [4.69, 9.17) is 5.73 Å². The third-order valence-electron chi connectivity index (χ3n) is 3.12. The molecule has 0 saturated heterocycles. The maximum atomic E-state index is 13.1. The monoisotopic (exact) mass is 211 g/mol. The molecule has 82 valence electrons. The van der Waals surface area contributed by atoms with Crippen molar-refractivity contribution in [3.05, 3.63) is 35.4 Å². The van der Waals surface area contributed by atoms with Crippen LogP contribution in [0.1, 0.15) is 36.3 Å². The summed E-state index contributed by atoms with van der Waals surface area (Å²) in [5.74, 6) is -2.49. The fraction of sp³-hybridized carbons (Fsp3) is 0.500. The highest BCUT2D eigenvalue weighted by molar-refractivity contribution is 5.31. The second-order valence-electron chi connectivity index (χ2n) is 4.20. The van der Waals surface area contributed by atoms with Gasteiger partial charge in [-0.2, -0.15) is 0 Å². The largest absolute Gasteiger partial charge is 0.326 e. The Kier molecular flexibility index (Phi) is 2.74. The molecule has 1 saturated carbocycles. The van der Waals surface area contributed by atoms with Crippen LogP contribution in [0.4, 0.5) is 8.78 Å². The molecule has 2 rings (SSSR count). The average molecular weight is 211 g/mol. The van der Waals surface area contributed by atoms with Crippen molar-refractivity contribution in [2.45, 2.75) is 37.6 Å². The van der Waals surface area contributed by atoms with E-state index in [9.17, 15) is 8.78 Å². The first-order valence-electron chi connectivity index (χ1n) is 5.28. The lowest BCUT2D eigenvalue weighted by molar-refractivity contribution is 0.00775. The van der Waals surface area contributed by atoms with Gasteiger partial charge in [-0.05, 0) is 23.5 Å². The molecule has 0 radical (unpaired) electrons. The van der Waals surface area contributed by atoms with Gasteiger partial charge in [-0.1, -0.05) is 24.3 Å². The molecule has 1 aliphatic rings. The fourth-order valence-corrected chi connectivity index (χ4v) is 2.33. The predicted octanol–water partition coefficient (Wildman–Crippen LogP) is 3.05. The lowest BCUT2D eigenvalue weighted by Gasteiger charge is -2.14. The molecule has 0 heterocycles. The van der Waals surface area contributed by atoms with Crippen molar-refractivity contribution in [2.24, 2.45) is 5.73 Å². The molecule has 1 aromatic rings. The first-order valence-corrected chi connectivity index (χ1v) is 5.28. The average Bonchev–Trinajstić information content (AvgIpc) is 2.59. The summed E-state index contributed by atoms with van der Waals surface area (Å²) < 4.78 is 26.2. The molecule has 0 aliphatic heterocycles. The quantitative estimate of drug-likeness (QED) is 0.799. The molecule has 0 aromatic heterocycles. The molecule has 0 amide bonds. The molecule has 0 spiro atoms. The van der Waals surface area contributed by atoms with Crippen molar-refractivity contribution in [1.82, 2.24) is 0 Å². The zero-order chi connectivity index (χ0) is 10.9. The lowest BCUT2D eigenvalue weighted by Crippen LogP contribution is -2.10. The Morgan fingerprint density at radius 1 is 1.33 bits per heavy atom. The molecule has 3 heteroatoms. The van der Waals surface area contributed by atoms with Gasteiger partial charge in [-0.3, -0.25) is 0 Å². The summed E-state index contributed by atoms with van der Waals surface area (Å²) in [5.41, 5.74) is 7.61. The third kappa shape index (κ3) is 2.17. The van der Waals surface area contributed by atoms with Crippen LogP contribution in [0, 0.1) is 0 Å². The first kappa shape index (κ1) is 10.6. The van der Waals surface area contributed by atoms with Gasteiger partial charge in [-0.25, -0.2) is 8.78 Å². The van der Waals surface area contributed by atoms with Gasteiger partial charge in [0.25, 0.3) is 0 Å². The van der Waals surface area contributed by atoms with E-state index in [1.165, 1.54) is 0 Å². The van der Waals surface area contributed by atoms with Crippen LogP contribution >= 0.6 is 0 Å². The molecule has 1 unspecified atom stereocenters. The van der Waals surface area contributed by atoms with Crippen LogP contribution in [0.15, 0.2) is 24.3 Å². The summed E-state index contributed by atoms with van der Waals surface area (Å²) in [7, 11) is 0. The first-order chi connectivity index (χ1) is 7.12. The van der Waals surface area contributed by atoms with E-state index >= 15 is 0 Å². The maximum absolute atomic E-state index is 13.1. The molecule has 1 atom stereocenters. The Balaban J connectivity index is 2.23. The topological polar surface area (TPSA) is 26.0 Å². The fourth-order valence-electron chi connectivity index (χ4n) is 2.33. The number of rotatable bonds is 2. The number of benzene rings is 1. The van der Waals surface area contributed by atoms with Crippen LogP contribution in [0.3, 0.4) is 0 Å². The number of halogens is 2. The van der Waals surface area contributed by atoms with Crippen molar-refractivity contribution >= 4 is 0 Å². The summed E-state index contributed by atoms with van der Waals surface area (Å²) in [6.07, 6.45) is 0.560. The van der Waals surface area contributed by atoms with Gasteiger partial charge >= 0.3 is 0 Å². The smallest absolute Gasteiger partial charge is 0.248 e. The summed E-state index contributed by atoms with van der Waals surface area (Å²) in [4.78, 5) is 0. The van der Waals surface area contributed by atoms with Gasteiger partial charge in [0.05, 0.1) is 0 Å². The minimum atomic E-state index is -2.48. The van der Waals surface area contributed by atoms with E-state index in [1.54, 1.807) is 0 Å². The number of hydrogen-bond donors (Lipinski definition) is 1. The van der Waals surface area contributed by atoms with Crippen molar-refractivity contribution in [3.8, 4) is 0 Å². The Bertz CT molecular complexity index is 349. The van der Waals surface area contributed by atoms with Crippen LogP contribution in [0.5, 0.6) is 0 Å². The van der Waals surface area contributed by atoms with Crippen LogP contribution < -0.4 is 5.73 Å². The van der Waals surface area contributed by atoms with Crippen LogP contribution in [0.2, 0.25) is 0 Å². The van der Waals surface area contributed by atoms with E-state index in [2.05, 4.69) is 0 Å². The highest BCUT2D eigenvalue weighted by atomic mass is 19.3. The minimum absolute atomic E-state index is 0.0105. The lowest BCUT2D eigenvalue weighted by atomic mass is 9.93. The molecule has 2 N–H and O–H groups in total. The molecule has 0 bridgehead atoms. The highest BCUT2D eigenvalue weighted by Crippen LogP contribution is 2.44. The summed E-state index contributed by atoms with van der Waals surface area (Å²) >= 11 is 0. The van der Waals surface area contributed by atoms with Crippen LogP contribution in [0.25, 0.3) is 0 Å². The normalized spacial score (nSPS) is 24.3. The standard InChI is InChI=1S/C12H15F2N/c13-12(14)6-5-9(7-12)11-4-2-1-3-10(11)8-15/h1-4,9H,5-8,15H2. The van der Waals surface area contributed by atoms with Gasteiger partial charge in [0, 0.05) is 19.4 Å². The minimum Gasteiger partial charge on any atom is -0.326 e. The SMILES string of the molecule is NCc1ccccc1C1CCC(F)(F)C1. The second-order valence-corrected chi connectivity index (χ2v) is 4.20. The van der Waals surface area contributed by atoms with Crippen LogP contribution in [-0.2, 0) is 6.54 Å².